The molecule has 2 heterocycles. The van der Waals surface area contributed by atoms with E-state index in [4.69, 9.17) is 9.47 Å². The van der Waals surface area contributed by atoms with Gasteiger partial charge in [0, 0.05) is 58.8 Å². The number of hydrogen-bond donors (Lipinski definition) is 2. The Kier molecular flexibility index (Phi) is 9.87. The van der Waals surface area contributed by atoms with Gasteiger partial charge in [0.25, 0.3) is 0 Å². The lowest BCUT2D eigenvalue weighted by molar-refractivity contribution is -0.127. The number of morpholine rings is 1. The van der Waals surface area contributed by atoms with E-state index in [0.29, 0.717) is 0 Å². The first kappa shape index (κ1) is 24.3. The number of nitrogens with zero attached hydrogens (tertiary/aromatic N) is 3. The van der Waals surface area contributed by atoms with Crippen molar-refractivity contribution in [2.45, 2.75) is 57.5 Å². The zero-order chi connectivity index (χ0) is 21.9. The maximum absolute atomic E-state index is 12.1. The molecule has 178 valence electrons. The van der Waals surface area contributed by atoms with E-state index in [2.05, 4.69) is 20.5 Å². The summed E-state index contributed by atoms with van der Waals surface area (Å²) in [6.07, 6.45) is 10.1. The van der Waals surface area contributed by atoms with E-state index in [1.807, 2.05) is 0 Å². The molecule has 0 aromatic carbocycles. The van der Waals surface area contributed by atoms with Crippen molar-refractivity contribution >= 4 is 11.9 Å². The lowest BCUT2D eigenvalue weighted by atomic mass is 9.73. The summed E-state index contributed by atoms with van der Waals surface area (Å²) in [5, 5.41) is 7.06. The van der Waals surface area contributed by atoms with Gasteiger partial charge >= 0.3 is 0 Å². The SMILES string of the molecule is CN(C)C(=O)CN=C(NCC1CCCCO1)NCC1(CN2CCOCC2)CCCCC1. The average Bonchev–Trinajstić information content (AvgIpc) is 2.80. The molecule has 0 radical (unpaired) electrons. The summed E-state index contributed by atoms with van der Waals surface area (Å²) in [4.78, 5) is 20.9. The van der Waals surface area contributed by atoms with Crippen LogP contribution >= 0.6 is 0 Å². The molecule has 2 N–H and O–H groups in total. The summed E-state index contributed by atoms with van der Waals surface area (Å²) in [5.74, 6) is 0.743. The van der Waals surface area contributed by atoms with Crippen molar-refractivity contribution in [1.29, 1.82) is 0 Å². The second-order valence-corrected chi connectivity index (χ2v) is 9.63. The highest BCUT2D eigenvalue weighted by Crippen LogP contribution is 2.36. The molecule has 0 spiro atoms. The minimum atomic E-state index is 0.00992. The molecule has 2 saturated heterocycles. The molecule has 8 heteroatoms. The fourth-order valence-corrected chi connectivity index (χ4v) is 4.84. The van der Waals surface area contributed by atoms with E-state index in [1.54, 1.807) is 19.0 Å². The molecular weight excluding hydrogens is 394 g/mol. The van der Waals surface area contributed by atoms with Crippen LogP contribution in [0, 0.1) is 5.41 Å². The third-order valence-electron chi connectivity index (χ3n) is 6.85. The number of hydrogen-bond acceptors (Lipinski definition) is 5. The highest BCUT2D eigenvalue weighted by atomic mass is 16.5. The first-order valence-corrected chi connectivity index (χ1v) is 12.2. The molecule has 3 aliphatic rings. The van der Waals surface area contributed by atoms with Crippen molar-refractivity contribution in [3.05, 3.63) is 0 Å². The zero-order valence-corrected chi connectivity index (χ0v) is 19.7. The van der Waals surface area contributed by atoms with E-state index in [9.17, 15) is 4.79 Å². The highest BCUT2D eigenvalue weighted by molar-refractivity contribution is 5.84. The topological polar surface area (TPSA) is 78.4 Å². The number of guanidine groups is 1. The molecule has 3 rings (SSSR count). The van der Waals surface area contributed by atoms with E-state index in [1.165, 1.54) is 38.5 Å². The first-order chi connectivity index (χ1) is 15.1. The normalized spacial score (nSPS) is 25.1. The second kappa shape index (κ2) is 12.6. The number of aliphatic imine (C=N–C) groups is 1. The van der Waals surface area contributed by atoms with Gasteiger partial charge in [0.2, 0.25) is 5.91 Å². The average molecular weight is 438 g/mol. The smallest absolute Gasteiger partial charge is 0.243 e. The zero-order valence-electron chi connectivity index (χ0n) is 19.7. The molecule has 1 amide bonds. The summed E-state index contributed by atoms with van der Waals surface area (Å²) >= 11 is 0. The second-order valence-electron chi connectivity index (χ2n) is 9.63. The van der Waals surface area contributed by atoms with Crippen LogP contribution in [-0.4, -0.2) is 101 Å². The van der Waals surface area contributed by atoms with Crippen molar-refractivity contribution < 1.29 is 14.3 Å². The Morgan fingerprint density at radius 1 is 1.06 bits per heavy atom. The van der Waals surface area contributed by atoms with Crippen LogP contribution in [0.4, 0.5) is 0 Å². The molecule has 0 bridgehead atoms. The molecule has 31 heavy (non-hydrogen) atoms. The monoisotopic (exact) mass is 437 g/mol. The van der Waals surface area contributed by atoms with Crippen LogP contribution in [0.1, 0.15) is 51.4 Å². The predicted octanol–water partition coefficient (Wildman–Crippen LogP) is 1.46. The molecular formula is C23H43N5O3. The van der Waals surface area contributed by atoms with E-state index < -0.39 is 0 Å². The van der Waals surface area contributed by atoms with Crippen LogP contribution in [-0.2, 0) is 14.3 Å². The van der Waals surface area contributed by atoms with Gasteiger partial charge in [0.1, 0.15) is 6.54 Å². The maximum Gasteiger partial charge on any atom is 0.243 e. The number of nitrogens with one attached hydrogen (secondary N) is 2. The van der Waals surface area contributed by atoms with Crippen LogP contribution in [0.5, 0.6) is 0 Å². The molecule has 3 fully saturated rings. The van der Waals surface area contributed by atoms with Crippen molar-refractivity contribution in [2.75, 3.05) is 73.2 Å². The number of amides is 1. The summed E-state index contributed by atoms with van der Waals surface area (Å²) in [7, 11) is 3.54. The Bertz CT molecular complexity index is 566. The standard InChI is InChI=1S/C23H43N5O3/c1-27(2)21(29)17-25-22(24-16-20-8-4-7-13-31-20)26-18-23(9-5-3-6-10-23)19-28-11-14-30-15-12-28/h20H,3-19H2,1-2H3,(H2,24,25,26). The fraction of sp³-hybridized carbons (Fsp3) is 0.913. The molecule has 1 atom stereocenters. The van der Waals surface area contributed by atoms with Gasteiger partial charge in [0.05, 0.1) is 19.3 Å². The van der Waals surface area contributed by atoms with E-state index in [0.717, 1.165) is 71.3 Å². The highest BCUT2D eigenvalue weighted by Gasteiger charge is 2.34. The third-order valence-corrected chi connectivity index (χ3v) is 6.85. The maximum atomic E-state index is 12.1. The van der Waals surface area contributed by atoms with Gasteiger partial charge in [-0.1, -0.05) is 19.3 Å². The Hall–Kier alpha value is -1.38. The summed E-state index contributed by atoms with van der Waals surface area (Å²) in [5.41, 5.74) is 0.255. The van der Waals surface area contributed by atoms with Gasteiger partial charge in [-0.05, 0) is 32.1 Å². The fourth-order valence-electron chi connectivity index (χ4n) is 4.84. The Morgan fingerprint density at radius 2 is 1.84 bits per heavy atom. The van der Waals surface area contributed by atoms with Crippen molar-refractivity contribution in [1.82, 2.24) is 20.4 Å². The van der Waals surface area contributed by atoms with Gasteiger partial charge in [-0.15, -0.1) is 0 Å². The molecule has 1 saturated carbocycles. The van der Waals surface area contributed by atoms with Crippen molar-refractivity contribution in [3.8, 4) is 0 Å². The number of rotatable bonds is 8. The number of carbonyl (C=O) groups excluding carboxylic acids is 1. The molecule has 1 aliphatic carbocycles. The van der Waals surface area contributed by atoms with E-state index >= 15 is 0 Å². The Morgan fingerprint density at radius 3 is 2.52 bits per heavy atom. The number of ether oxygens (including phenoxy) is 2. The number of carbonyl (C=O) groups is 1. The Labute approximate surface area is 188 Å². The van der Waals surface area contributed by atoms with Crippen LogP contribution in [0.25, 0.3) is 0 Å². The van der Waals surface area contributed by atoms with Gasteiger partial charge in [-0.3, -0.25) is 9.69 Å². The summed E-state index contributed by atoms with van der Waals surface area (Å²) in [6.45, 7) is 7.46. The summed E-state index contributed by atoms with van der Waals surface area (Å²) < 4.78 is 11.4. The first-order valence-electron chi connectivity index (χ1n) is 12.2. The van der Waals surface area contributed by atoms with Crippen LogP contribution in [0.3, 0.4) is 0 Å². The minimum Gasteiger partial charge on any atom is -0.379 e. The van der Waals surface area contributed by atoms with Crippen molar-refractivity contribution in [3.63, 3.8) is 0 Å². The predicted molar refractivity (Wildman–Crippen MR) is 123 cm³/mol. The van der Waals surface area contributed by atoms with Crippen molar-refractivity contribution in [2.24, 2.45) is 10.4 Å². The van der Waals surface area contributed by atoms with E-state index in [-0.39, 0.29) is 24.0 Å². The lowest BCUT2D eigenvalue weighted by Gasteiger charge is -2.42. The third kappa shape index (κ3) is 8.24. The molecule has 2 aliphatic heterocycles. The molecule has 0 aromatic rings. The largest absolute Gasteiger partial charge is 0.379 e. The van der Waals surface area contributed by atoms with Gasteiger partial charge in [-0.2, -0.15) is 0 Å². The molecule has 0 aromatic heterocycles. The van der Waals surface area contributed by atoms with Gasteiger partial charge in [-0.25, -0.2) is 4.99 Å². The summed E-state index contributed by atoms with van der Waals surface area (Å²) in [6, 6.07) is 0. The van der Waals surface area contributed by atoms with Crippen LogP contribution < -0.4 is 10.6 Å². The molecule has 1 unspecified atom stereocenters. The lowest BCUT2D eigenvalue weighted by Crippen LogP contribution is -2.52. The van der Waals surface area contributed by atoms with Crippen LogP contribution in [0.15, 0.2) is 4.99 Å². The van der Waals surface area contributed by atoms with Crippen LogP contribution in [0.2, 0.25) is 0 Å². The molecule has 8 nitrogen and oxygen atoms in total. The Balaban J connectivity index is 1.60. The van der Waals surface area contributed by atoms with Gasteiger partial charge in [0.15, 0.2) is 5.96 Å². The minimum absolute atomic E-state index is 0.00992. The van der Waals surface area contributed by atoms with Gasteiger partial charge < -0.3 is 25.0 Å². The quantitative estimate of drug-likeness (QED) is 0.442. The number of likely N-dealkylation sites (N-methyl/N-ethyl adjacent to an activating group) is 1.